The van der Waals surface area contributed by atoms with Gasteiger partial charge >= 0.3 is 5.97 Å². The number of hydrogen-bond acceptors (Lipinski definition) is 3. The number of carbonyl (C=O) groups excluding carboxylic acids is 1. The van der Waals surface area contributed by atoms with Gasteiger partial charge in [0.05, 0.1) is 21.6 Å². The molecule has 2 aromatic rings. The van der Waals surface area contributed by atoms with Crippen LogP contribution in [0, 0.1) is 12.7 Å². The number of pyridine rings is 1. The number of carboxylic acids is 1. The second-order valence-corrected chi connectivity index (χ2v) is 6.24. The summed E-state index contributed by atoms with van der Waals surface area (Å²) in [5.74, 6) is -3.14. The van der Waals surface area contributed by atoms with Crippen molar-refractivity contribution in [1.29, 1.82) is 0 Å². The van der Waals surface area contributed by atoms with Crippen molar-refractivity contribution in [3.63, 3.8) is 0 Å². The number of aryl methyl sites for hydroxylation is 1. The number of nitrogens with one attached hydrogen (secondary N) is 1. The van der Waals surface area contributed by atoms with Crippen LogP contribution < -0.4 is 10.7 Å². The summed E-state index contributed by atoms with van der Waals surface area (Å²) in [7, 11) is 0. The number of hydrogen-bond donors (Lipinski definition) is 2. The third kappa shape index (κ3) is 2.70. The molecule has 1 aromatic carbocycles. The molecular weight excluding hydrogens is 351 g/mol. The minimum Gasteiger partial charge on any atom is -0.477 e. The Balaban J connectivity index is 2.53. The van der Waals surface area contributed by atoms with Gasteiger partial charge in [0, 0.05) is 12.2 Å². The minimum atomic E-state index is -1.42. The van der Waals surface area contributed by atoms with Gasteiger partial charge in [-0.05, 0) is 31.4 Å². The molecule has 1 aromatic heterocycles. The van der Waals surface area contributed by atoms with Crippen molar-refractivity contribution in [1.82, 2.24) is 4.57 Å². The molecular formula is C17H14ClFN2O4. The molecule has 1 aliphatic carbocycles. The fraction of sp³-hybridized carbons (Fsp3) is 0.235. The molecule has 1 aliphatic rings. The fourth-order valence-electron chi connectivity index (χ4n) is 2.82. The first-order chi connectivity index (χ1) is 11.8. The van der Waals surface area contributed by atoms with Crippen LogP contribution in [-0.2, 0) is 4.79 Å². The van der Waals surface area contributed by atoms with E-state index in [1.807, 2.05) is 0 Å². The second-order valence-electron chi connectivity index (χ2n) is 5.86. The monoisotopic (exact) mass is 364 g/mol. The fourth-order valence-corrected chi connectivity index (χ4v) is 3.00. The van der Waals surface area contributed by atoms with Crippen LogP contribution in [0.4, 0.5) is 10.1 Å². The molecule has 1 fully saturated rings. The Bertz CT molecular complexity index is 1010. The number of benzene rings is 1. The Morgan fingerprint density at radius 2 is 2.12 bits per heavy atom. The molecule has 8 heteroatoms. The third-order valence-corrected chi connectivity index (χ3v) is 4.64. The predicted octanol–water partition coefficient (Wildman–Crippen LogP) is 3.26. The number of aromatic carboxylic acids is 1. The first kappa shape index (κ1) is 17.2. The smallest absolute Gasteiger partial charge is 0.341 e. The highest BCUT2D eigenvalue weighted by molar-refractivity contribution is 6.33. The summed E-state index contributed by atoms with van der Waals surface area (Å²) in [6.07, 6.45) is 3.78. The van der Waals surface area contributed by atoms with E-state index in [-0.39, 0.29) is 16.5 Å². The number of carbonyl (C=O) groups is 2. The summed E-state index contributed by atoms with van der Waals surface area (Å²) in [5.41, 5.74) is -1.17. The van der Waals surface area contributed by atoms with Gasteiger partial charge in [-0.15, -0.1) is 0 Å². The van der Waals surface area contributed by atoms with E-state index in [0.717, 1.165) is 18.9 Å². The molecule has 6 nitrogen and oxygen atoms in total. The van der Waals surface area contributed by atoms with Gasteiger partial charge in [-0.1, -0.05) is 18.2 Å². The summed E-state index contributed by atoms with van der Waals surface area (Å²) in [6, 6.07) is 0.00406. The van der Waals surface area contributed by atoms with Gasteiger partial charge in [0.2, 0.25) is 11.3 Å². The van der Waals surface area contributed by atoms with Gasteiger partial charge < -0.3 is 15.0 Å². The number of fused-ring (bicyclic) bond motifs is 1. The molecule has 130 valence electrons. The first-order valence-electron chi connectivity index (χ1n) is 7.51. The van der Waals surface area contributed by atoms with Crippen LogP contribution in [0.25, 0.3) is 10.9 Å². The van der Waals surface area contributed by atoms with Crippen molar-refractivity contribution in [2.24, 2.45) is 0 Å². The Labute approximate surface area is 146 Å². The highest BCUT2D eigenvalue weighted by atomic mass is 35.5. The molecule has 0 spiro atoms. The Morgan fingerprint density at radius 1 is 1.48 bits per heavy atom. The lowest BCUT2D eigenvalue weighted by atomic mass is 10.0. The van der Waals surface area contributed by atoms with Crippen molar-refractivity contribution >= 4 is 40.1 Å². The molecule has 0 aliphatic heterocycles. The highest BCUT2D eigenvalue weighted by Crippen LogP contribution is 2.41. The van der Waals surface area contributed by atoms with E-state index >= 15 is 0 Å². The van der Waals surface area contributed by atoms with E-state index in [1.165, 1.54) is 6.20 Å². The van der Waals surface area contributed by atoms with Crippen LogP contribution in [-0.4, -0.2) is 21.6 Å². The molecule has 2 N–H and O–H groups in total. The second kappa shape index (κ2) is 6.00. The van der Waals surface area contributed by atoms with E-state index in [1.54, 1.807) is 11.5 Å². The molecule has 0 unspecified atom stereocenters. The zero-order valence-electron chi connectivity index (χ0n) is 13.2. The lowest BCUT2D eigenvalue weighted by molar-refractivity contribution is -0.111. The number of amides is 1. The van der Waals surface area contributed by atoms with Crippen LogP contribution in [0.2, 0.25) is 5.02 Å². The lowest BCUT2D eigenvalue weighted by Gasteiger charge is -2.18. The topological polar surface area (TPSA) is 88.4 Å². The SMILES string of the molecule is C=CC(=O)Nc1c(F)c(Cl)c(C)c2c1c(=O)c(C(=O)O)cn2C1CC1. The van der Waals surface area contributed by atoms with E-state index in [9.17, 15) is 23.9 Å². The summed E-state index contributed by atoms with van der Waals surface area (Å²) >= 11 is 6.06. The van der Waals surface area contributed by atoms with Gasteiger partial charge in [0.25, 0.3) is 0 Å². The van der Waals surface area contributed by atoms with E-state index in [4.69, 9.17) is 11.6 Å². The summed E-state index contributed by atoms with van der Waals surface area (Å²) in [5, 5.41) is 11.1. The molecule has 0 saturated heterocycles. The maximum Gasteiger partial charge on any atom is 0.341 e. The third-order valence-electron chi connectivity index (χ3n) is 4.19. The minimum absolute atomic E-state index is 0.00406. The molecule has 0 radical (unpaired) electrons. The van der Waals surface area contributed by atoms with Crippen LogP contribution >= 0.6 is 11.6 Å². The highest BCUT2D eigenvalue weighted by Gasteiger charge is 2.30. The quantitative estimate of drug-likeness (QED) is 0.815. The zero-order valence-corrected chi connectivity index (χ0v) is 14.0. The van der Waals surface area contributed by atoms with Crippen molar-refractivity contribution < 1.29 is 19.1 Å². The lowest BCUT2D eigenvalue weighted by Crippen LogP contribution is -2.22. The molecule has 1 saturated carbocycles. The molecule has 3 rings (SSSR count). The molecule has 0 bridgehead atoms. The number of anilines is 1. The Hall–Kier alpha value is -2.67. The van der Waals surface area contributed by atoms with Crippen LogP contribution in [0.15, 0.2) is 23.6 Å². The van der Waals surface area contributed by atoms with E-state index in [0.29, 0.717) is 11.1 Å². The maximum absolute atomic E-state index is 14.7. The van der Waals surface area contributed by atoms with E-state index in [2.05, 4.69) is 11.9 Å². The van der Waals surface area contributed by atoms with Gasteiger partial charge in [0.1, 0.15) is 5.56 Å². The summed E-state index contributed by atoms with van der Waals surface area (Å²) < 4.78 is 16.3. The number of rotatable bonds is 4. The Morgan fingerprint density at radius 3 is 2.64 bits per heavy atom. The predicted molar refractivity (Wildman–Crippen MR) is 92.0 cm³/mol. The molecule has 25 heavy (non-hydrogen) atoms. The summed E-state index contributed by atoms with van der Waals surface area (Å²) in [6.45, 7) is 4.83. The number of halogens is 2. The standard InChI is InChI=1S/C17H14ClFN2O4/c1-3-10(22)20-14-11-15(7(2)12(18)13(14)19)21(8-4-5-8)6-9(16(11)23)17(24)25/h3,6,8H,1,4-5H2,2H3,(H,20,22)(H,24,25). The van der Waals surface area contributed by atoms with Gasteiger partial charge in [-0.2, -0.15) is 0 Å². The van der Waals surface area contributed by atoms with Crippen molar-refractivity contribution in [2.75, 3.05) is 5.32 Å². The van der Waals surface area contributed by atoms with Crippen LogP contribution in [0.3, 0.4) is 0 Å². The van der Waals surface area contributed by atoms with E-state index < -0.39 is 34.4 Å². The number of nitrogens with zero attached hydrogens (tertiary/aromatic N) is 1. The van der Waals surface area contributed by atoms with Crippen molar-refractivity contribution in [3.05, 3.63) is 51.0 Å². The average Bonchev–Trinajstić information content (AvgIpc) is 3.40. The van der Waals surface area contributed by atoms with Crippen LogP contribution in [0.5, 0.6) is 0 Å². The number of carboxylic acid groups (broad SMARTS) is 1. The molecule has 1 heterocycles. The van der Waals surface area contributed by atoms with Gasteiger partial charge in [-0.3, -0.25) is 9.59 Å². The largest absolute Gasteiger partial charge is 0.477 e. The average molecular weight is 365 g/mol. The first-order valence-corrected chi connectivity index (χ1v) is 7.88. The maximum atomic E-state index is 14.7. The molecule has 1 amide bonds. The molecule has 0 atom stereocenters. The van der Waals surface area contributed by atoms with Gasteiger partial charge in [-0.25, -0.2) is 9.18 Å². The number of aromatic nitrogens is 1. The zero-order chi connectivity index (χ0) is 18.5. The summed E-state index contributed by atoms with van der Waals surface area (Å²) in [4.78, 5) is 35.8. The Kier molecular flexibility index (Phi) is 4.12. The van der Waals surface area contributed by atoms with Crippen molar-refractivity contribution in [2.45, 2.75) is 25.8 Å². The van der Waals surface area contributed by atoms with Gasteiger partial charge in [0.15, 0.2) is 5.82 Å². The van der Waals surface area contributed by atoms with Crippen molar-refractivity contribution in [3.8, 4) is 0 Å². The van der Waals surface area contributed by atoms with Crippen LogP contribution in [0.1, 0.15) is 34.8 Å². The normalized spacial score (nSPS) is 13.7.